The average Bonchev–Trinajstić information content (AvgIpc) is 2.70. The van der Waals surface area contributed by atoms with Crippen LogP contribution in [0.4, 0.5) is 5.69 Å². The van der Waals surface area contributed by atoms with E-state index in [4.69, 9.17) is 11.6 Å². The molecular formula is C16H17ClN2O2. The highest BCUT2D eigenvalue weighted by Gasteiger charge is 2.48. The summed E-state index contributed by atoms with van der Waals surface area (Å²) >= 11 is 6.00. The molecule has 1 aromatic rings. The number of likely N-dealkylation sites (tertiary alicyclic amines) is 1. The van der Waals surface area contributed by atoms with Crippen molar-refractivity contribution in [3.63, 3.8) is 0 Å². The molecule has 21 heavy (non-hydrogen) atoms. The Hall–Kier alpha value is -1.81. The van der Waals surface area contributed by atoms with Gasteiger partial charge in [-0.05, 0) is 31.9 Å². The molecule has 1 aliphatic heterocycles. The molecule has 1 aromatic carbocycles. The Morgan fingerprint density at radius 2 is 1.86 bits per heavy atom. The number of amides is 2. The van der Waals surface area contributed by atoms with Crippen LogP contribution in [0.5, 0.6) is 0 Å². The number of carbonyl (C=O) groups excluding carboxylic acids is 2. The minimum atomic E-state index is -0.283. The second kappa shape index (κ2) is 5.53. The van der Waals surface area contributed by atoms with E-state index in [2.05, 4.69) is 5.32 Å². The molecule has 0 unspecified atom stereocenters. The van der Waals surface area contributed by atoms with Gasteiger partial charge in [-0.2, -0.15) is 0 Å². The molecule has 0 bridgehead atoms. The minimum absolute atomic E-state index is 0.0926. The molecule has 4 nitrogen and oxygen atoms in total. The summed E-state index contributed by atoms with van der Waals surface area (Å²) in [6.07, 6.45) is 2.90. The van der Waals surface area contributed by atoms with Gasteiger partial charge in [-0.3, -0.25) is 14.5 Å². The van der Waals surface area contributed by atoms with Crippen LogP contribution in [-0.4, -0.2) is 23.4 Å². The topological polar surface area (TPSA) is 49.4 Å². The van der Waals surface area contributed by atoms with Gasteiger partial charge in [0.05, 0.1) is 18.5 Å². The number of allylic oxidation sites excluding steroid dienone is 2. The summed E-state index contributed by atoms with van der Waals surface area (Å²) < 4.78 is 0. The van der Waals surface area contributed by atoms with Gasteiger partial charge in [0.2, 0.25) is 11.8 Å². The van der Waals surface area contributed by atoms with E-state index in [1.807, 2.05) is 37.3 Å². The zero-order valence-electron chi connectivity index (χ0n) is 11.8. The molecule has 2 aliphatic rings. The van der Waals surface area contributed by atoms with Crippen LogP contribution in [0.3, 0.4) is 0 Å². The second-order valence-corrected chi connectivity index (χ2v) is 6.09. The first-order valence-electron chi connectivity index (χ1n) is 7.06. The third-order valence-corrected chi connectivity index (χ3v) is 4.46. The third kappa shape index (κ3) is 2.68. The molecule has 1 saturated heterocycles. The number of benzene rings is 1. The van der Waals surface area contributed by atoms with Crippen LogP contribution in [0, 0.1) is 18.8 Å². The van der Waals surface area contributed by atoms with Crippen molar-refractivity contribution in [2.45, 2.75) is 19.8 Å². The van der Waals surface area contributed by atoms with E-state index in [1.54, 1.807) is 0 Å². The minimum Gasteiger partial charge on any atom is -0.367 e. The zero-order valence-corrected chi connectivity index (χ0v) is 12.6. The van der Waals surface area contributed by atoms with Gasteiger partial charge in [-0.25, -0.2) is 0 Å². The van der Waals surface area contributed by atoms with Crippen molar-refractivity contribution in [1.29, 1.82) is 0 Å². The lowest BCUT2D eigenvalue weighted by atomic mass is 9.85. The monoisotopic (exact) mass is 304 g/mol. The first kappa shape index (κ1) is 14.1. The lowest BCUT2D eigenvalue weighted by Crippen LogP contribution is -2.35. The lowest BCUT2D eigenvalue weighted by molar-refractivity contribution is -0.139. The Labute approximate surface area is 128 Å². The van der Waals surface area contributed by atoms with Crippen LogP contribution in [0.2, 0.25) is 0 Å². The maximum Gasteiger partial charge on any atom is 0.234 e. The number of carbonyl (C=O) groups is 2. The van der Waals surface area contributed by atoms with E-state index in [-0.39, 0.29) is 30.3 Å². The number of imide groups is 1. The Kier molecular flexibility index (Phi) is 3.72. The van der Waals surface area contributed by atoms with Gasteiger partial charge >= 0.3 is 0 Å². The molecule has 0 spiro atoms. The van der Waals surface area contributed by atoms with E-state index in [0.717, 1.165) is 5.69 Å². The summed E-state index contributed by atoms with van der Waals surface area (Å²) in [7, 11) is 0. The molecule has 0 radical (unpaired) electrons. The Balaban J connectivity index is 1.68. The standard InChI is InChI=1S/C16H17ClN2O2/c1-10-2-5-12(6-3-10)18-9-19-15(20)13-7-4-11(17)8-14(13)16(19)21/h2-6,13-14,18H,7-9H2,1H3/t13-,14+/m0/s1. The Morgan fingerprint density at radius 1 is 1.19 bits per heavy atom. The van der Waals surface area contributed by atoms with Crippen LogP contribution < -0.4 is 5.32 Å². The molecule has 5 heteroatoms. The van der Waals surface area contributed by atoms with Crippen molar-refractivity contribution in [2.75, 3.05) is 12.0 Å². The van der Waals surface area contributed by atoms with Crippen molar-refractivity contribution < 1.29 is 9.59 Å². The number of rotatable bonds is 3. The van der Waals surface area contributed by atoms with Crippen LogP contribution in [-0.2, 0) is 9.59 Å². The number of aryl methyl sites for hydroxylation is 1. The molecule has 110 valence electrons. The fraction of sp³-hybridized carbons (Fsp3) is 0.375. The van der Waals surface area contributed by atoms with Crippen LogP contribution in [0.15, 0.2) is 35.4 Å². The SMILES string of the molecule is Cc1ccc(NCN2C(=O)[C@H]3CC=C(Cl)C[C@H]3C2=O)cc1. The van der Waals surface area contributed by atoms with Gasteiger partial charge in [0.1, 0.15) is 0 Å². The molecular weight excluding hydrogens is 288 g/mol. The number of halogens is 1. The van der Waals surface area contributed by atoms with Crippen molar-refractivity contribution in [1.82, 2.24) is 4.90 Å². The van der Waals surface area contributed by atoms with Gasteiger partial charge in [-0.1, -0.05) is 35.4 Å². The van der Waals surface area contributed by atoms with E-state index in [0.29, 0.717) is 17.9 Å². The maximum atomic E-state index is 12.4. The Morgan fingerprint density at radius 3 is 2.57 bits per heavy atom. The average molecular weight is 305 g/mol. The van der Waals surface area contributed by atoms with Crippen LogP contribution >= 0.6 is 11.6 Å². The molecule has 0 aromatic heterocycles. The van der Waals surface area contributed by atoms with Gasteiger partial charge in [0, 0.05) is 10.7 Å². The highest BCUT2D eigenvalue weighted by Crippen LogP contribution is 2.38. The Bertz CT molecular complexity index is 609. The van der Waals surface area contributed by atoms with E-state index >= 15 is 0 Å². The fourth-order valence-electron chi connectivity index (χ4n) is 2.89. The molecule has 1 heterocycles. The second-order valence-electron chi connectivity index (χ2n) is 5.61. The summed E-state index contributed by atoms with van der Waals surface area (Å²) in [5, 5.41) is 3.82. The first-order chi connectivity index (χ1) is 10.1. The summed E-state index contributed by atoms with van der Waals surface area (Å²) in [6.45, 7) is 2.23. The van der Waals surface area contributed by atoms with Gasteiger partial charge in [0.15, 0.2) is 0 Å². The largest absolute Gasteiger partial charge is 0.367 e. The van der Waals surface area contributed by atoms with Gasteiger partial charge in [0.25, 0.3) is 0 Å². The van der Waals surface area contributed by atoms with Crippen molar-refractivity contribution in [3.8, 4) is 0 Å². The summed E-state index contributed by atoms with van der Waals surface area (Å²) in [6, 6.07) is 7.84. The number of fused-ring (bicyclic) bond motifs is 1. The van der Waals surface area contributed by atoms with Crippen molar-refractivity contribution in [3.05, 3.63) is 40.9 Å². The summed E-state index contributed by atoms with van der Waals surface area (Å²) in [4.78, 5) is 26.0. The van der Waals surface area contributed by atoms with Gasteiger partial charge in [-0.15, -0.1) is 0 Å². The fourth-order valence-corrected chi connectivity index (χ4v) is 3.15. The third-order valence-electron chi connectivity index (χ3n) is 4.15. The smallest absolute Gasteiger partial charge is 0.234 e. The number of nitrogens with one attached hydrogen (secondary N) is 1. The number of nitrogens with zero attached hydrogens (tertiary/aromatic N) is 1. The van der Waals surface area contributed by atoms with Crippen LogP contribution in [0.25, 0.3) is 0 Å². The summed E-state index contributed by atoms with van der Waals surface area (Å²) in [5.74, 6) is -0.726. The number of hydrogen-bond acceptors (Lipinski definition) is 3. The van der Waals surface area contributed by atoms with Crippen LogP contribution in [0.1, 0.15) is 18.4 Å². The normalized spacial score (nSPS) is 24.9. The van der Waals surface area contributed by atoms with Gasteiger partial charge < -0.3 is 5.32 Å². The van der Waals surface area contributed by atoms with Crippen molar-refractivity contribution >= 4 is 29.1 Å². The van der Waals surface area contributed by atoms with E-state index in [9.17, 15) is 9.59 Å². The first-order valence-corrected chi connectivity index (χ1v) is 7.44. The maximum absolute atomic E-state index is 12.4. The molecule has 0 saturated carbocycles. The number of anilines is 1. The lowest BCUT2D eigenvalue weighted by Gasteiger charge is -2.17. The summed E-state index contributed by atoms with van der Waals surface area (Å²) in [5.41, 5.74) is 2.06. The quantitative estimate of drug-likeness (QED) is 0.874. The predicted molar refractivity (Wildman–Crippen MR) is 81.7 cm³/mol. The number of hydrogen-bond donors (Lipinski definition) is 1. The molecule has 1 fully saturated rings. The molecule has 1 N–H and O–H groups in total. The van der Waals surface area contributed by atoms with Crippen molar-refractivity contribution in [2.24, 2.45) is 11.8 Å². The predicted octanol–water partition coefficient (Wildman–Crippen LogP) is 2.88. The highest BCUT2D eigenvalue weighted by atomic mass is 35.5. The molecule has 1 aliphatic carbocycles. The van der Waals surface area contributed by atoms with E-state index < -0.39 is 0 Å². The van der Waals surface area contributed by atoms with E-state index in [1.165, 1.54) is 10.5 Å². The molecule has 2 amide bonds. The highest BCUT2D eigenvalue weighted by molar-refractivity contribution is 6.30. The zero-order chi connectivity index (χ0) is 15.0. The molecule has 3 rings (SSSR count). The molecule has 2 atom stereocenters.